The first-order valence-electron chi connectivity index (χ1n) is 11.2. The summed E-state index contributed by atoms with van der Waals surface area (Å²) in [7, 11) is 0. The number of likely N-dealkylation sites (tertiary alicyclic amines) is 2. The third-order valence-corrected chi connectivity index (χ3v) is 7.06. The van der Waals surface area contributed by atoms with Crippen LogP contribution in [0, 0.1) is 18.8 Å². The Bertz CT molecular complexity index is 877. The lowest BCUT2D eigenvalue weighted by atomic mass is 9.97. The molecule has 0 aliphatic carbocycles. The van der Waals surface area contributed by atoms with Crippen LogP contribution in [0.1, 0.15) is 35.5 Å². The van der Waals surface area contributed by atoms with Crippen LogP contribution < -0.4 is 0 Å². The van der Waals surface area contributed by atoms with E-state index in [4.69, 9.17) is 4.74 Å². The van der Waals surface area contributed by atoms with Crippen LogP contribution in [0.15, 0.2) is 35.7 Å². The first-order chi connectivity index (χ1) is 15.1. The SMILES string of the molecule is Cc1nc(CN2CCC(C(=O)OCC3CC(=O)N(CCc4ccccc4)C3)CC2)cs1. The first kappa shape index (κ1) is 22.0. The van der Waals surface area contributed by atoms with E-state index in [0.717, 1.165) is 56.1 Å². The minimum Gasteiger partial charge on any atom is -0.465 e. The monoisotopic (exact) mass is 441 g/mol. The number of carbonyl (C=O) groups is 2. The largest absolute Gasteiger partial charge is 0.465 e. The lowest BCUT2D eigenvalue weighted by Gasteiger charge is -2.30. The van der Waals surface area contributed by atoms with E-state index in [1.807, 2.05) is 30.0 Å². The summed E-state index contributed by atoms with van der Waals surface area (Å²) in [6, 6.07) is 10.2. The van der Waals surface area contributed by atoms with Gasteiger partial charge in [-0.3, -0.25) is 14.5 Å². The summed E-state index contributed by atoms with van der Waals surface area (Å²) < 4.78 is 5.63. The first-order valence-corrected chi connectivity index (χ1v) is 12.1. The van der Waals surface area contributed by atoms with Gasteiger partial charge in [0.25, 0.3) is 0 Å². The van der Waals surface area contributed by atoms with Crippen molar-refractivity contribution in [3.8, 4) is 0 Å². The number of amides is 1. The van der Waals surface area contributed by atoms with Crippen molar-refractivity contribution in [1.82, 2.24) is 14.8 Å². The number of aryl methyl sites for hydroxylation is 1. The number of carbonyl (C=O) groups excluding carboxylic acids is 2. The number of ether oxygens (including phenoxy) is 1. The van der Waals surface area contributed by atoms with Gasteiger partial charge in [0.2, 0.25) is 5.91 Å². The predicted octanol–water partition coefficient (Wildman–Crippen LogP) is 3.30. The van der Waals surface area contributed by atoms with Crippen molar-refractivity contribution in [3.63, 3.8) is 0 Å². The average molecular weight is 442 g/mol. The molecule has 1 aromatic carbocycles. The van der Waals surface area contributed by atoms with Gasteiger partial charge in [0.15, 0.2) is 0 Å². The zero-order valence-electron chi connectivity index (χ0n) is 18.2. The highest BCUT2D eigenvalue weighted by molar-refractivity contribution is 7.09. The summed E-state index contributed by atoms with van der Waals surface area (Å²) in [4.78, 5) is 33.7. The molecule has 2 aromatic rings. The number of aromatic nitrogens is 1. The van der Waals surface area contributed by atoms with E-state index in [0.29, 0.717) is 19.6 Å². The number of esters is 1. The summed E-state index contributed by atoms with van der Waals surface area (Å²) in [5, 5.41) is 3.21. The van der Waals surface area contributed by atoms with Crippen molar-refractivity contribution in [1.29, 1.82) is 0 Å². The van der Waals surface area contributed by atoms with Gasteiger partial charge >= 0.3 is 5.97 Å². The summed E-state index contributed by atoms with van der Waals surface area (Å²) in [6.45, 7) is 6.43. The van der Waals surface area contributed by atoms with Crippen LogP contribution in [-0.2, 0) is 27.3 Å². The maximum absolute atomic E-state index is 12.5. The molecule has 1 unspecified atom stereocenters. The van der Waals surface area contributed by atoms with Gasteiger partial charge in [-0.25, -0.2) is 4.98 Å². The van der Waals surface area contributed by atoms with Crippen LogP contribution in [0.3, 0.4) is 0 Å². The Morgan fingerprint density at radius 3 is 2.71 bits per heavy atom. The van der Waals surface area contributed by atoms with Crippen molar-refractivity contribution in [3.05, 3.63) is 52.0 Å². The third kappa shape index (κ3) is 6.14. The molecule has 4 rings (SSSR count). The molecular weight excluding hydrogens is 410 g/mol. The normalized spacial score (nSPS) is 20.4. The van der Waals surface area contributed by atoms with Gasteiger partial charge in [-0.2, -0.15) is 0 Å². The van der Waals surface area contributed by atoms with Gasteiger partial charge < -0.3 is 9.64 Å². The number of piperidine rings is 1. The second kappa shape index (κ2) is 10.4. The smallest absolute Gasteiger partial charge is 0.309 e. The molecule has 6 nitrogen and oxygen atoms in total. The number of thiazole rings is 1. The Morgan fingerprint density at radius 2 is 2.00 bits per heavy atom. The molecule has 7 heteroatoms. The van der Waals surface area contributed by atoms with Crippen molar-refractivity contribution in [2.75, 3.05) is 32.8 Å². The predicted molar refractivity (Wildman–Crippen MR) is 121 cm³/mol. The highest BCUT2D eigenvalue weighted by atomic mass is 32.1. The van der Waals surface area contributed by atoms with Gasteiger partial charge in [0.05, 0.1) is 23.2 Å². The Morgan fingerprint density at radius 1 is 1.23 bits per heavy atom. The van der Waals surface area contributed by atoms with E-state index in [-0.39, 0.29) is 23.7 Å². The molecule has 166 valence electrons. The fourth-order valence-corrected chi connectivity index (χ4v) is 5.05. The van der Waals surface area contributed by atoms with E-state index < -0.39 is 0 Å². The van der Waals surface area contributed by atoms with Gasteiger partial charge in [-0.05, 0) is 44.8 Å². The fraction of sp³-hybridized carbons (Fsp3) is 0.542. The number of hydrogen-bond donors (Lipinski definition) is 0. The minimum atomic E-state index is -0.0978. The Hall–Kier alpha value is -2.25. The van der Waals surface area contributed by atoms with E-state index >= 15 is 0 Å². The maximum Gasteiger partial charge on any atom is 0.309 e. The van der Waals surface area contributed by atoms with Crippen LogP contribution in [0.4, 0.5) is 0 Å². The molecule has 0 spiro atoms. The molecule has 0 saturated carbocycles. The quantitative estimate of drug-likeness (QED) is 0.588. The molecule has 2 saturated heterocycles. The molecule has 0 radical (unpaired) electrons. The molecular formula is C24H31N3O3S. The summed E-state index contributed by atoms with van der Waals surface area (Å²) in [6.07, 6.45) is 3.00. The number of benzene rings is 1. The standard InChI is InChI=1S/C24H31N3O3S/c1-18-25-22(17-31-18)15-26-10-8-21(9-11-26)24(29)30-16-20-13-23(28)27(14-20)12-7-19-5-3-2-4-6-19/h2-6,17,20-21H,7-16H2,1H3. The summed E-state index contributed by atoms with van der Waals surface area (Å²) in [5.74, 6) is 0.154. The van der Waals surface area contributed by atoms with Crippen LogP contribution in [0.2, 0.25) is 0 Å². The molecule has 2 fully saturated rings. The number of rotatable bonds is 8. The molecule has 3 heterocycles. The zero-order chi connectivity index (χ0) is 21.6. The number of nitrogens with zero attached hydrogens (tertiary/aromatic N) is 3. The highest BCUT2D eigenvalue weighted by Crippen LogP contribution is 2.23. The van der Waals surface area contributed by atoms with Gasteiger partial charge in [0.1, 0.15) is 0 Å². The average Bonchev–Trinajstić information content (AvgIpc) is 3.36. The lowest BCUT2D eigenvalue weighted by Crippen LogP contribution is -2.37. The van der Waals surface area contributed by atoms with E-state index in [1.54, 1.807) is 11.3 Å². The molecule has 31 heavy (non-hydrogen) atoms. The molecule has 2 aliphatic rings. The molecule has 0 N–H and O–H groups in total. The second-order valence-corrected chi connectivity index (χ2v) is 9.75. The van der Waals surface area contributed by atoms with Crippen molar-refractivity contribution < 1.29 is 14.3 Å². The second-order valence-electron chi connectivity index (χ2n) is 8.68. The maximum atomic E-state index is 12.5. The Kier molecular flexibility index (Phi) is 7.35. The van der Waals surface area contributed by atoms with Gasteiger partial charge in [-0.1, -0.05) is 30.3 Å². The minimum absolute atomic E-state index is 0.0280. The third-order valence-electron chi connectivity index (χ3n) is 6.24. The van der Waals surface area contributed by atoms with E-state index in [1.165, 1.54) is 5.56 Å². The highest BCUT2D eigenvalue weighted by Gasteiger charge is 2.32. The van der Waals surface area contributed by atoms with E-state index in [2.05, 4.69) is 27.4 Å². The molecule has 1 amide bonds. The van der Waals surface area contributed by atoms with Crippen molar-refractivity contribution in [2.24, 2.45) is 11.8 Å². The van der Waals surface area contributed by atoms with Crippen LogP contribution in [0.25, 0.3) is 0 Å². The molecule has 0 bridgehead atoms. The summed E-state index contributed by atoms with van der Waals surface area (Å²) in [5.41, 5.74) is 2.35. The summed E-state index contributed by atoms with van der Waals surface area (Å²) >= 11 is 1.68. The van der Waals surface area contributed by atoms with Crippen LogP contribution in [-0.4, -0.2) is 59.4 Å². The molecule has 2 aliphatic heterocycles. The van der Waals surface area contributed by atoms with Crippen molar-refractivity contribution >= 4 is 23.2 Å². The Labute approximate surface area is 188 Å². The van der Waals surface area contributed by atoms with Crippen LogP contribution >= 0.6 is 11.3 Å². The van der Waals surface area contributed by atoms with Gasteiger partial charge in [-0.15, -0.1) is 11.3 Å². The van der Waals surface area contributed by atoms with Crippen LogP contribution in [0.5, 0.6) is 0 Å². The van der Waals surface area contributed by atoms with E-state index in [9.17, 15) is 9.59 Å². The Balaban J connectivity index is 1.15. The molecule has 1 aromatic heterocycles. The lowest BCUT2D eigenvalue weighted by molar-refractivity contribution is -0.151. The fourth-order valence-electron chi connectivity index (χ4n) is 4.45. The topological polar surface area (TPSA) is 62.7 Å². The zero-order valence-corrected chi connectivity index (χ0v) is 19.0. The number of hydrogen-bond acceptors (Lipinski definition) is 6. The van der Waals surface area contributed by atoms with Gasteiger partial charge in [0, 0.05) is 37.4 Å². The molecule has 1 atom stereocenters. The van der Waals surface area contributed by atoms with Crippen molar-refractivity contribution in [2.45, 2.75) is 39.2 Å².